The van der Waals surface area contributed by atoms with Crippen LogP contribution in [0, 0.1) is 0 Å². The van der Waals surface area contributed by atoms with Crippen LogP contribution in [0.15, 0.2) is 128 Å². The SMILES string of the molecule is C=C/C=C\C(=C/C=C)C(=C)\C=C/N=C(C)\C(\C=C/C=C)=C\C=C. The van der Waals surface area contributed by atoms with Gasteiger partial charge in [-0.1, -0.05) is 93.7 Å². The summed E-state index contributed by atoms with van der Waals surface area (Å²) >= 11 is 0. The van der Waals surface area contributed by atoms with E-state index in [1.165, 1.54) is 0 Å². The highest BCUT2D eigenvalue weighted by Gasteiger charge is 1.96. The number of hydrogen-bond donors (Lipinski definition) is 0. The van der Waals surface area contributed by atoms with Crippen LogP contribution in [0.2, 0.25) is 0 Å². The molecule has 0 atom stereocenters. The van der Waals surface area contributed by atoms with Crippen molar-refractivity contribution in [1.82, 2.24) is 0 Å². The van der Waals surface area contributed by atoms with E-state index in [0.29, 0.717) is 0 Å². The molecule has 0 heterocycles. The lowest BCUT2D eigenvalue weighted by molar-refractivity contribution is 1.47. The van der Waals surface area contributed by atoms with Gasteiger partial charge in [0.1, 0.15) is 0 Å². The zero-order valence-corrected chi connectivity index (χ0v) is 13.9. The molecule has 23 heavy (non-hydrogen) atoms. The Morgan fingerprint density at radius 2 is 1.26 bits per heavy atom. The highest BCUT2D eigenvalue weighted by molar-refractivity contribution is 6.01. The highest BCUT2D eigenvalue weighted by Crippen LogP contribution is 2.12. The first-order valence-electron chi connectivity index (χ1n) is 7.25. The van der Waals surface area contributed by atoms with Gasteiger partial charge >= 0.3 is 0 Å². The molecule has 0 spiro atoms. The van der Waals surface area contributed by atoms with Gasteiger partial charge < -0.3 is 0 Å². The van der Waals surface area contributed by atoms with Gasteiger partial charge in [0.05, 0.1) is 0 Å². The fourth-order valence-electron chi connectivity index (χ4n) is 1.57. The molecule has 0 radical (unpaired) electrons. The number of nitrogens with zero attached hydrogens (tertiary/aromatic N) is 1. The molecule has 0 rings (SSSR count). The maximum absolute atomic E-state index is 4.44. The molecule has 0 aromatic rings. The zero-order chi connectivity index (χ0) is 17.5. The Kier molecular flexibility index (Phi) is 11.2. The molecule has 0 aliphatic carbocycles. The molecule has 0 N–H and O–H groups in total. The average molecular weight is 303 g/mol. The van der Waals surface area contributed by atoms with Crippen molar-refractivity contribution in [3.63, 3.8) is 0 Å². The normalized spacial score (nSPS) is 13.7. The van der Waals surface area contributed by atoms with Gasteiger partial charge in [-0.25, -0.2) is 0 Å². The third kappa shape index (κ3) is 8.84. The van der Waals surface area contributed by atoms with Crippen LogP contribution in [-0.4, -0.2) is 5.71 Å². The van der Waals surface area contributed by atoms with E-state index in [1.54, 1.807) is 30.5 Å². The molecule has 0 aromatic heterocycles. The Labute approximate surface area is 140 Å². The first-order chi connectivity index (χ1) is 11.1. The lowest BCUT2D eigenvalue weighted by atomic mass is 10.1. The number of hydrogen-bond acceptors (Lipinski definition) is 1. The van der Waals surface area contributed by atoms with Crippen LogP contribution in [-0.2, 0) is 0 Å². The molecular weight excluding hydrogens is 278 g/mol. The summed E-state index contributed by atoms with van der Waals surface area (Å²) in [5.74, 6) is 0. The van der Waals surface area contributed by atoms with Gasteiger partial charge in [-0.2, -0.15) is 0 Å². The molecule has 0 aromatic carbocycles. The van der Waals surface area contributed by atoms with E-state index < -0.39 is 0 Å². The summed E-state index contributed by atoms with van der Waals surface area (Å²) in [4.78, 5) is 4.44. The topological polar surface area (TPSA) is 12.4 Å². The fourth-order valence-corrected chi connectivity index (χ4v) is 1.57. The van der Waals surface area contributed by atoms with Crippen molar-refractivity contribution < 1.29 is 0 Å². The van der Waals surface area contributed by atoms with Gasteiger partial charge in [-0.3, -0.25) is 4.99 Å². The minimum absolute atomic E-state index is 0.843. The molecule has 0 fully saturated rings. The smallest absolute Gasteiger partial charge is 0.0444 e. The quantitative estimate of drug-likeness (QED) is 0.335. The largest absolute Gasteiger partial charge is 0.261 e. The monoisotopic (exact) mass is 303 g/mol. The maximum Gasteiger partial charge on any atom is 0.0444 e. The molecule has 0 bridgehead atoms. The Morgan fingerprint density at radius 3 is 1.78 bits per heavy atom. The van der Waals surface area contributed by atoms with Crippen LogP contribution >= 0.6 is 0 Å². The fraction of sp³-hybridized carbons (Fsp3) is 0.0455. The second-order valence-electron chi connectivity index (χ2n) is 4.46. The zero-order valence-electron chi connectivity index (χ0n) is 13.9. The first-order valence-corrected chi connectivity index (χ1v) is 7.25. The summed E-state index contributed by atoms with van der Waals surface area (Å²) in [7, 11) is 0. The summed E-state index contributed by atoms with van der Waals surface area (Å²) in [5, 5.41) is 0. The Hall–Kier alpha value is -2.93. The van der Waals surface area contributed by atoms with E-state index >= 15 is 0 Å². The Morgan fingerprint density at radius 1 is 0.739 bits per heavy atom. The van der Waals surface area contributed by atoms with Gasteiger partial charge in [0.2, 0.25) is 0 Å². The number of allylic oxidation sites excluding steroid dienone is 14. The summed E-state index contributed by atoms with van der Waals surface area (Å²) in [6.45, 7) is 20.7. The molecule has 1 heteroatoms. The summed E-state index contributed by atoms with van der Waals surface area (Å²) in [6.07, 6.45) is 21.8. The van der Waals surface area contributed by atoms with Crippen molar-refractivity contribution in [3.05, 3.63) is 123 Å². The summed E-state index contributed by atoms with van der Waals surface area (Å²) in [5.41, 5.74) is 3.65. The molecule has 0 saturated heterocycles. The number of rotatable bonds is 10. The van der Waals surface area contributed by atoms with Crippen molar-refractivity contribution in [3.8, 4) is 0 Å². The molecule has 118 valence electrons. The van der Waals surface area contributed by atoms with Crippen LogP contribution < -0.4 is 0 Å². The molecular formula is C22H25N. The van der Waals surface area contributed by atoms with Crippen LogP contribution in [0.5, 0.6) is 0 Å². The molecule has 0 unspecified atom stereocenters. The van der Waals surface area contributed by atoms with Gasteiger partial charge in [0.15, 0.2) is 0 Å². The van der Waals surface area contributed by atoms with Crippen molar-refractivity contribution in [2.45, 2.75) is 6.92 Å². The lowest BCUT2D eigenvalue weighted by Gasteiger charge is -2.01. The maximum atomic E-state index is 4.44. The van der Waals surface area contributed by atoms with E-state index in [1.807, 2.05) is 49.5 Å². The van der Waals surface area contributed by atoms with Crippen LogP contribution in [0.4, 0.5) is 0 Å². The molecule has 0 saturated carbocycles. The van der Waals surface area contributed by atoms with Crippen LogP contribution in [0.25, 0.3) is 0 Å². The van der Waals surface area contributed by atoms with E-state index in [-0.39, 0.29) is 0 Å². The van der Waals surface area contributed by atoms with E-state index in [2.05, 4.69) is 37.9 Å². The van der Waals surface area contributed by atoms with Crippen LogP contribution in [0.3, 0.4) is 0 Å². The molecule has 0 aliphatic heterocycles. The van der Waals surface area contributed by atoms with Crippen molar-refractivity contribution in [1.29, 1.82) is 0 Å². The minimum atomic E-state index is 0.843. The molecule has 0 aliphatic rings. The third-order valence-corrected chi connectivity index (χ3v) is 2.75. The molecule has 0 amide bonds. The van der Waals surface area contributed by atoms with E-state index in [4.69, 9.17) is 0 Å². The van der Waals surface area contributed by atoms with Gasteiger partial charge in [0, 0.05) is 11.9 Å². The summed E-state index contributed by atoms with van der Waals surface area (Å²) in [6, 6.07) is 0. The lowest BCUT2D eigenvalue weighted by Crippen LogP contribution is -1.93. The predicted molar refractivity (Wildman–Crippen MR) is 107 cm³/mol. The van der Waals surface area contributed by atoms with Gasteiger partial charge in [-0.05, 0) is 29.7 Å². The van der Waals surface area contributed by atoms with Gasteiger partial charge in [-0.15, -0.1) is 0 Å². The van der Waals surface area contributed by atoms with Crippen molar-refractivity contribution >= 4 is 5.71 Å². The van der Waals surface area contributed by atoms with Crippen LogP contribution in [0.1, 0.15) is 6.92 Å². The predicted octanol–water partition coefficient (Wildman–Crippen LogP) is 6.23. The second-order valence-corrected chi connectivity index (χ2v) is 4.46. The standard InChI is InChI=1S/C22H25N/c1-7-11-15-21(13-9-3)19(5)17-18-23-20(6)22(14-10-4)16-12-8-2/h7-18H,1-5H2,6H3/b15-11-,16-12-,18-17-,21-13+,22-14+,23-20-. The molecule has 1 nitrogen and oxygen atoms in total. The Balaban J connectivity index is 5.23. The highest BCUT2D eigenvalue weighted by atomic mass is 14.7. The van der Waals surface area contributed by atoms with E-state index in [9.17, 15) is 0 Å². The average Bonchev–Trinajstić information content (AvgIpc) is 2.54. The van der Waals surface area contributed by atoms with Gasteiger partial charge in [0.25, 0.3) is 0 Å². The van der Waals surface area contributed by atoms with Crippen molar-refractivity contribution in [2.24, 2.45) is 4.99 Å². The Bertz CT molecular complexity index is 629. The number of aliphatic imine (C=N–C) groups is 1. The summed E-state index contributed by atoms with van der Waals surface area (Å²) < 4.78 is 0. The minimum Gasteiger partial charge on any atom is -0.261 e. The second kappa shape index (κ2) is 12.8. The first kappa shape index (κ1) is 20.1. The third-order valence-electron chi connectivity index (χ3n) is 2.75. The van der Waals surface area contributed by atoms with E-state index in [0.717, 1.165) is 22.4 Å². The van der Waals surface area contributed by atoms with Crippen molar-refractivity contribution in [2.75, 3.05) is 0 Å².